The first-order chi connectivity index (χ1) is 11.2. The number of thiocarbonyl (C=S) groups is 1. The number of rotatable bonds is 7. The monoisotopic (exact) mass is 351 g/mol. The molecule has 8 heteroatoms. The van der Waals surface area contributed by atoms with Crippen molar-refractivity contribution in [2.45, 2.75) is 6.92 Å². The highest BCUT2D eigenvalue weighted by atomic mass is 32.1. The summed E-state index contributed by atoms with van der Waals surface area (Å²) in [5.74, 6) is 0.393. The lowest BCUT2D eigenvalue weighted by molar-refractivity contribution is 0.0977. The molecule has 0 unspecified atom stereocenters. The van der Waals surface area contributed by atoms with E-state index in [1.807, 2.05) is 12.3 Å². The zero-order valence-corrected chi connectivity index (χ0v) is 14.2. The highest BCUT2D eigenvalue weighted by Gasteiger charge is 2.08. The number of anilines is 1. The van der Waals surface area contributed by atoms with E-state index in [9.17, 15) is 4.79 Å². The van der Waals surface area contributed by atoms with Gasteiger partial charge in [0.15, 0.2) is 10.2 Å². The molecule has 0 fully saturated rings. The summed E-state index contributed by atoms with van der Waals surface area (Å²) in [7, 11) is 0. The molecule has 0 saturated heterocycles. The van der Waals surface area contributed by atoms with Gasteiger partial charge >= 0.3 is 0 Å². The first kappa shape index (κ1) is 17.3. The smallest absolute Gasteiger partial charge is 0.257 e. The van der Waals surface area contributed by atoms with Gasteiger partial charge < -0.3 is 14.8 Å². The molecule has 0 aliphatic rings. The molecule has 0 atom stereocenters. The van der Waals surface area contributed by atoms with E-state index in [0.29, 0.717) is 36.3 Å². The average molecular weight is 351 g/mol. The number of nitrogens with zero attached hydrogens (tertiary/aromatic N) is 1. The predicted octanol–water partition coefficient (Wildman–Crippen LogP) is 2.69. The molecule has 0 aliphatic carbocycles. The van der Waals surface area contributed by atoms with Gasteiger partial charge in [0.2, 0.25) is 0 Å². The normalized spacial score (nSPS) is 10.1. The van der Waals surface area contributed by atoms with E-state index < -0.39 is 0 Å². The Bertz CT molecular complexity index is 630. The Morgan fingerprint density at radius 1 is 1.30 bits per heavy atom. The molecule has 2 aromatic rings. The van der Waals surface area contributed by atoms with Crippen molar-refractivity contribution in [2.24, 2.45) is 0 Å². The van der Waals surface area contributed by atoms with Gasteiger partial charge in [-0.3, -0.25) is 10.1 Å². The molecular formula is C15H17N3O3S2. The van der Waals surface area contributed by atoms with Crippen LogP contribution >= 0.6 is 23.6 Å². The zero-order valence-electron chi connectivity index (χ0n) is 12.6. The summed E-state index contributed by atoms with van der Waals surface area (Å²) < 4.78 is 10.7. The van der Waals surface area contributed by atoms with Crippen LogP contribution in [-0.4, -0.2) is 35.8 Å². The van der Waals surface area contributed by atoms with E-state index in [1.54, 1.807) is 30.5 Å². The first-order valence-electron chi connectivity index (χ1n) is 7.01. The van der Waals surface area contributed by atoms with Crippen molar-refractivity contribution in [1.82, 2.24) is 10.3 Å². The topological polar surface area (TPSA) is 72.5 Å². The average Bonchev–Trinajstić information content (AvgIpc) is 3.05. The van der Waals surface area contributed by atoms with Crippen molar-refractivity contribution in [1.29, 1.82) is 0 Å². The van der Waals surface area contributed by atoms with E-state index >= 15 is 0 Å². The summed E-state index contributed by atoms with van der Waals surface area (Å²) in [6, 6.07) is 6.82. The lowest BCUT2D eigenvalue weighted by Gasteiger charge is -2.09. The van der Waals surface area contributed by atoms with Crippen LogP contribution in [0, 0.1) is 0 Å². The largest absolute Gasteiger partial charge is 0.491 e. The van der Waals surface area contributed by atoms with Crippen molar-refractivity contribution in [3.05, 3.63) is 41.4 Å². The van der Waals surface area contributed by atoms with Crippen LogP contribution in [0.1, 0.15) is 17.3 Å². The van der Waals surface area contributed by atoms with Gasteiger partial charge in [-0.15, -0.1) is 11.3 Å². The quantitative estimate of drug-likeness (QED) is 0.590. The second kappa shape index (κ2) is 9.19. The fraction of sp³-hybridized carbons (Fsp3) is 0.267. The zero-order chi connectivity index (χ0) is 16.5. The second-order valence-electron chi connectivity index (χ2n) is 4.32. The van der Waals surface area contributed by atoms with E-state index in [1.165, 1.54) is 11.3 Å². The molecule has 2 N–H and O–H groups in total. The molecule has 0 bridgehead atoms. The lowest BCUT2D eigenvalue weighted by Crippen LogP contribution is -2.34. The van der Waals surface area contributed by atoms with Crippen LogP contribution in [0.15, 0.2) is 35.8 Å². The fourth-order valence-corrected chi connectivity index (χ4v) is 2.44. The van der Waals surface area contributed by atoms with Crippen molar-refractivity contribution < 1.29 is 14.3 Å². The molecule has 0 spiro atoms. The molecule has 23 heavy (non-hydrogen) atoms. The number of benzene rings is 1. The summed E-state index contributed by atoms with van der Waals surface area (Å²) >= 11 is 6.47. The fourth-order valence-electron chi connectivity index (χ4n) is 1.65. The van der Waals surface area contributed by atoms with Gasteiger partial charge in [-0.1, -0.05) is 0 Å². The van der Waals surface area contributed by atoms with Crippen LogP contribution in [0.5, 0.6) is 5.75 Å². The van der Waals surface area contributed by atoms with Gasteiger partial charge in [0.05, 0.1) is 6.61 Å². The third kappa shape index (κ3) is 5.93. The summed E-state index contributed by atoms with van der Waals surface area (Å²) in [4.78, 5) is 16.1. The molecule has 1 amide bonds. The number of carbonyl (C=O) groups is 1. The molecule has 122 valence electrons. The van der Waals surface area contributed by atoms with Gasteiger partial charge in [-0.05, 0) is 43.4 Å². The Hall–Kier alpha value is -2.03. The number of hydrogen-bond acceptors (Lipinski definition) is 6. The summed E-state index contributed by atoms with van der Waals surface area (Å²) in [6.07, 6.45) is 1.65. The Kier molecular flexibility index (Phi) is 6.92. The van der Waals surface area contributed by atoms with Gasteiger partial charge in [0.25, 0.3) is 5.91 Å². The van der Waals surface area contributed by atoms with Gasteiger partial charge in [0, 0.05) is 23.7 Å². The van der Waals surface area contributed by atoms with Crippen LogP contribution in [0.3, 0.4) is 0 Å². The number of hydrogen-bond donors (Lipinski definition) is 2. The van der Waals surface area contributed by atoms with Crippen LogP contribution < -0.4 is 15.4 Å². The van der Waals surface area contributed by atoms with Gasteiger partial charge in [0.1, 0.15) is 12.4 Å². The highest BCUT2D eigenvalue weighted by Crippen LogP contribution is 2.13. The molecule has 1 heterocycles. The number of carbonyl (C=O) groups excluding carboxylic acids is 1. The van der Waals surface area contributed by atoms with E-state index in [0.717, 1.165) is 0 Å². The minimum atomic E-state index is -0.292. The number of amides is 1. The molecule has 1 aromatic carbocycles. The van der Waals surface area contributed by atoms with Crippen LogP contribution in [0.25, 0.3) is 0 Å². The van der Waals surface area contributed by atoms with Crippen LogP contribution in [-0.2, 0) is 4.74 Å². The number of aromatic nitrogens is 1. The molecule has 6 nitrogen and oxygen atoms in total. The number of thiazole rings is 1. The molecule has 2 rings (SSSR count). The molecule has 0 saturated carbocycles. The standard InChI is InChI=1S/C15H17N3O3S2/c1-2-20-8-9-21-12-5-3-11(4-6-12)13(19)17-14(22)18-15-16-7-10-23-15/h3-7,10H,2,8-9H2,1H3,(H2,16,17,18,19,22). The summed E-state index contributed by atoms with van der Waals surface area (Å²) in [6.45, 7) is 3.61. The third-order valence-electron chi connectivity index (χ3n) is 2.70. The van der Waals surface area contributed by atoms with Crippen LogP contribution in [0.2, 0.25) is 0 Å². The maximum Gasteiger partial charge on any atom is 0.257 e. The van der Waals surface area contributed by atoms with E-state index in [-0.39, 0.29) is 11.0 Å². The molecule has 0 radical (unpaired) electrons. The molecule has 0 aliphatic heterocycles. The Morgan fingerprint density at radius 3 is 2.74 bits per heavy atom. The first-order valence-corrected chi connectivity index (χ1v) is 8.30. The minimum absolute atomic E-state index is 0.210. The summed E-state index contributed by atoms with van der Waals surface area (Å²) in [5.41, 5.74) is 0.491. The highest BCUT2D eigenvalue weighted by molar-refractivity contribution is 7.80. The maximum atomic E-state index is 12.1. The minimum Gasteiger partial charge on any atom is -0.491 e. The SMILES string of the molecule is CCOCCOc1ccc(C(=O)NC(=S)Nc2nccs2)cc1. The van der Waals surface area contributed by atoms with Crippen LogP contribution in [0.4, 0.5) is 5.13 Å². The van der Waals surface area contributed by atoms with Gasteiger partial charge in [-0.2, -0.15) is 0 Å². The van der Waals surface area contributed by atoms with Crippen molar-refractivity contribution in [2.75, 3.05) is 25.1 Å². The van der Waals surface area contributed by atoms with Crippen molar-refractivity contribution in [3.8, 4) is 5.75 Å². The van der Waals surface area contributed by atoms with Crippen molar-refractivity contribution >= 4 is 39.7 Å². The number of nitrogens with one attached hydrogen (secondary N) is 2. The second-order valence-corrected chi connectivity index (χ2v) is 5.62. The Labute approximate surface area is 143 Å². The molecule has 1 aromatic heterocycles. The maximum absolute atomic E-state index is 12.1. The predicted molar refractivity (Wildman–Crippen MR) is 94.2 cm³/mol. The van der Waals surface area contributed by atoms with E-state index in [2.05, 4.69) is 15.6 Å². The Morgan fingerprint density at radius 2 is 2.09 bits per heavy atom. The Balaban J connectivity index is 1.81. The summed E-state index contributed by atoms with van der Waals surface area (Å²) in [5, 5.41) is 8.10. The van der Waals surface area contributed by atoms with Crippen molar-refractivity contribution in [3.63, 3.8) is 0 Å². The van der Waals surface area contributed by atoms with Gasteiger partial charge in [-0.25, -0.2) is 4.98 Å². The third-order valence-corrected chi connectivity index (χ3v) is 3.59. The van der Waals surface area contributed by atoms with E-state index in [4.69, 9.17) is 21.7 Å². The lowest BCUT2D eigenvalue weighted by atomic mass is 10.2. The number of ether oxygens (including phenoxy) is 2. The molecular weight excluding hydrogens is 334 g/mol.